The van der Waals surface area contributed by atoms with Crippen LogP contribution in [0, 0.1) is 23.7 Å². The minimum atomic E-state index is 0.951. The van der Waals surface area contributed by atoms with E-state index in [9.17, 15) is 0 Å². The number of hydrogen-bond acceptors (Lipinski definition) is 2. The third kappa shape index (κ3) is 3.63. The molecule has 5 aromatic rings. The molecule has 2 nitrogen and oxygen atoms in total. The lowest BCUT2D eigenvalue weighted by Gasteiger charge is -2.06. The van der Waals surface area contributed by atoms with Gasteiger partial charge in [-0.3, -0.25) is 9.97 Å². The highest BCUT2D eigenvalue weighted by Crippen LogP contribution is 2.27. The van der Waals surface area contributed by atoms with E-state index in [1.54, 1.807) is 24.8 Å². The van der Waals surface area contributed by atoms with Crippen LogP contribution in [-0.2, 0) is 0 Å². The molecule has 2 heterocycles. The molecule has 0 aliphatic rings. The van der Waals surface area contributed by atoms with Gasteiger partial charge in [0.2, 0.25) is 0 Å². The van der Waals surface area contributed by atoms with Gasteiger partial charge >= 0.3 is 0 Å². The number of pyridine rings is 2. The van der Waals surface area contributed by atoms with Crippen LogP contribution in [0.15, 0.2) is 97.6 Å². The quantitative estimate of drug-likeness (QED) is 0.259. The average Bonchev–Trinajstić information content (AvgIpc) is 2.81. The van der Waals surface area contributed by atoms with Crippen molar-refractivity contribution >= 4 is 21.5 Å². The normalized spacial score (nSPS) is 10.1. The molecule has 0 aliphatic heterocycles. The number of aromatic nitrogens is 2. The van der Waals surface area contributed by atoms with Gasteiger partial charge in [0.1, 0.15) is 0 Å². The molecule has 0 saturated carbocycles. The van der Waals surface area contributed by atoms with Crippen LogP contribution in [0.4, 0.5) is 0 Å². The zero-order valence-electron chi connectivity index (χ0n) is 16.1. The second-order valence-corrected chi connectivity index (χ2v) is 6.88. The van der Waals surface area contributed by atoms with Crippen molar-refractivity contribution < 1.29 is 0 Å². The van der Waals surface area contributed by atoms with Gasteiger partial charge < -0.3 is 0 Å². The summed E-state index contributed by atoms with van der Waals surface area (Å²) in [5.74, 6) is 13.1. The van der Waals surface area contributed by atoms with Crippen molar-refractivity contribution in [1.82, 2.24) is 9.97 Å². The molecule has 0 atom stereocenters. The first-order valence-electron chi connectivity index (χ1n) is 9.66. The Labute approximate surface area is 175 Å². The largest absolute Gasteiger partial charge is 0.265 e. The molecule has 0 radical (unpaired) electrons. The predicted octanol–water partition coefficient (Wildman–Crippen LogP) is 5.58. The van der Waals surface area contributed by atoms with Gasteiger partial charge in [0, 0.05) is 47.0 Å². The van der Waals surface area contributed by atoms with Crippen LogP contribution >= 0.6 is 0 Å². The Hall–Kier alpha value is -4.40. The molecule has 2 heteroatoms. The summed E-state index contributed by atoms with van der Waals surface area (Å²) in [4.78, 5) is 8.10. The molecule has 0 unspecified atom stereocenters. The summed E-state index contributed by atoms with van der Waals surface area (Å²) in [6.45, 7) is 0. The van der Waals surface area contributed by atoms with Crippen LogP contribution in [0.2, 0.25) is 0 Å². The molecular weight excluding hydrogens is 364 g/mol. The lowest BCUT2D eigenvalue weighted by atomic mass is 9.97. The van der Waals surface area contributed by atoms with Crippen LogP contribution in [0.3, 0.4) is 0 Å². The van der Waals surface area contributed by atoms with E-state index in [4.69, 9.17) is 0 Å². The standard InChI is InChI=1S/C28H16N2/c1-3-23(9-7-21-11-15-29-16-12-21)27-20-28-24(10-8-22-13-17-30-18-14-22)4-2-6-26(28)19-25(27)5-1/h1-6,11-20H. The molecule has 0 N–H and O–H groups in total. The molecule has 0 amide bonds. The Bertz CT molecular complexity index is 1370. The Kier molecular flexibility index (Phi) is 4.67. The summed E-state index contributed by atoms with van der Waals surface area (Å²) in [7, 11) is 0. The van der Waals surface area contributed by atoms with Gasteiger partial charge in [-0.1, -0.05) is 47.9 Å². The molecule has 0 bridgehead atoms. The van der Waals surface area contributed by atoms with Crippen molar-refractivity contribution in [2.45, 2.75) is 0 Å². The SMILES string of the molecule is C(#Cc1cccc2cc3cccc(C#Cc4ccncc4)c3cc12)c1ccncc1. The lowest BCUT2D eigenvalue weighted by Crippen LogP contribution is -1.85. The van der Waals surface area contributed by atoms with Gasteiger partial charge in [-0.05, 0) is 70.1 Å². The first kappa shape index (κ1) is 17.7. The van der Waals surface area contributed by atoms with Gasteiger partial charge in [0.15, 0.2) is 0 Å². The van der Waals surface area contributed by atoms with Crippen molar-refractivity contribution in [3.8, 4) is 23.7 Å². The summed E-state index contributed by atoms with van der Waals surface area (Å²) in [5, 5.41) is 4.60. The van der Waals surface area contributed by atoms with E-state index in [1.807, 2.05) is 24.3 Å². The predicted molar refractivity (Wildman–Crippen MR) is 122 cm³/mol. The summed E-state index contributed by atoms with van der Waals surface area (Å²) in [6.07, 6.45) is 7.03. The van der Waals surface area contributed by atoms with Crippen molar-refractivity contribution in [2.24, 2.45) is 0 Å². The number of benzene rings is 3. The summed E-state index contributed by atoms with van der Waals surface area (Å²) >= 11 is 0. The van der Waals surface area contributed by atoms with E-state index in [1.165, 1.54) is 10.8 Å². The smallest absolute Gasteiger partial charge is 0.0327 e. The van der Waals surface area contributed by atoms with E-state index in [-0.39, 0.29) is 0 Å². The van der Waals surface area contributed by atoms with Crippen LogP contribution < -0.4 is 0 Å². The molecule has 2 aromatic heterocycles. The topological polar surface area (TPSA) is 25.8 Å². The maximum Gasteiger partial charge on any atom is 0.0327 e. The van der Waals surface area contributed by atoms with Gasteiger partial charge in [-0.15, -0.1) is 0 Å². The zero-order chi connectivity index (χ0) is 20.2. The van der Waals surface area contributed by atoms with E-state index >= 15 is 0 Å². The third-order valence-electron chi connectivity index (χ3n) is 4.92. The van der Waals surface area contributed by atoms with Crippen LogP contribution in [-0.4, -0.2) is 9.97 Å². The van der Waals surface area contributed by atoms with Crippen molar-refractivity contribution in [1.29, 1.82) is 0 Å². The maximum atomic E-state index is 4.05. The highest BCUT2D eigenvalue weighted by molar-refractivity contribution is 6.02. The van der Waals surface area contributed by atoms with Gasteiger partial charge in [-0.25, -0.2) is 0 Å². The van der Waals surface area contributed by atoms with Gasteiger partial charge in [-0.2, -0.15) is 0 Å². The van der Waals surface area contributed by atoms with Gasteiger partial charge in [0.05, 0.1) is 0 Å². The molecule has 138 valence electrons. The Morgan fingerprint density at radius 2 is 0.933 bits per heavy atom. The first-order chi connectivity index (χ1) is 14.9. The van der Waals surface area contributed by atoms with Crippen LogP contribution in [0.25, 0.3) is 21.5 Å². The number of hydrogen-bond donors (Lipinski definition) is 0. The highest BCUT2D eigenvalue weighted by atomic mass is 14.6. The number of rotatable bonds is 0. The fourth-order valence-corrected chi connectivity index (χ4v) is 3.42. The zero-order valence-corrected chi connectivity index (χ0v) is 16.1. The Morgan fingerprint density at radius 1 is 0.467 bits per heavy atom. The Balaban J connectivity index is 1.66. The summed E-state index contributed by atoms with van der Waals surface area (Å²) < 4.78 is 0. The molecule has 3 aromatic carbocycles. The first-order valence-corrected chi connectivity index (χ1v) is 9.66. The average molecular weight is 380 g/mol. The molecule has 0 spiro atoms. The minimum absolute atomic E-state index is 0.951. The molecule has 5 rings (SSSR count). The number of nitrogens with zero attached hydrogens (tertiary/aromatic N) is 2. The fourth-order valence-electron chi connectivity index (χ4n) is 3.42. The monoisotopic (exact) mass is 380 g/mol. The second-order valence-electron chi connectivity index (χ2n) is 6.88. The van der Waals surface area contributed by atoms with E-state index in [2.05, 4.69) is 82.2 Å². The summed E-state index contributed by atoms with van der Waals surface area (Å²) in [6, 6.07) is 24.6. The number of fused-ring (bicyclic) bond motifs is 2. The van der Waals surface area contributed by atoms with Crippen molar-refractivity contribution in [3.63, 3.8) is 0 Å². The van der Waals surface area contributed by atoms with Crippen LogP contribution in [0.5, 0.6) is 0 Å². The molecule has 0 fully saturated rings. The minimum Gasteiger partial charge on any atom is -0.265 e. The Morgan fingerprint density at radius 3 is 1.40 bits per heavy atom. The molecule has 0 aliphatic carbocycles. The van der Waals surface area contributed by atoms with Gasteiger partial charge in [0.25, 0.3) is 0 Å². The van der Waals surface area contributed by atoms with E-state index < -0.39 is 0 Å². The maximum absolute atomic E-state index is 4.05. The lowest BCUT2D eigenvalue weighted by molar-refractivity contribution is 1.32. The van der Waals surface area contributed by atoms with Crippen molar-refractivity contribution in [3.05, 3.63) is 120 Å². The van der Waals surface area contributed by atoms with E-state index in [0.29, 0.717) is 0 Å². The highest BCUT2D eigenvalue weighted by Gasteiger charge is 2.04. The molecule has 30 heavy (non-hydrogen) atoms. The second kappa shape index (κ2) is 7.92. The fraction of sp³-hybridized carbons (Fsp3) is 0. The van der Waals surface area contributed by atoms with Crippen molar-refractivity contribution in [2.75, 3.05) is 0 Å². The molecular formula is C28H16N2. The summed E-state index contributed by atoms with van der Waals surface area (Å²) in [5.41, 5.74) is 3.91. The van der Waals surface area contributed by atoms with Crippen LogP contribution in [0.1, 0.15) is 22.3 Å². The van der Waals surface area contributed by atoms with E-state index in [0.717, 1.165) is 33.0 Å². The third-order valence-corrected chi connectivity index (χ3v) is 4.92. The molecule has 0 saturated heterocycles.